The molecule has 0 radical (unpaired) electrons. The zero-order chi connectivity index (χ0) is 14.9. The number of nitrogens with one attached hydrogen (secondary N) is 1. The van der Waals surface area contributed by atoms with Crippen molar-refractivity contribution in [1.29, 1.82) is 0 Å². The summed E-state index contributed by atoms with van der Waals surface area (Å²) in [5.74, 6) is 0. The number of hydrogen-bond donors (Lipinski definition) is 2. The van der Waals surface area contributed by atoms with E-state index in [9.17, 15) is 8.42 Å². The first-order chi connectivity index (χ1) is 9.29. The highest BCUT2D eigenvalue weighted by molar-refractivity contribution is 7.89. The molecule has 1 aromatic carbocycles. The zero-order valence-electron chi connectivity index (χ0n) is 10.9. The Kier molecular flexibility index (Phi) is 4.33. The molecule has 2 aromatic rings. The molecule has 1 aromatic heterocycles. The molecule has 0 amide bonds. The van der Waals surface area contributed by atoms with Crippen molar-refractivity contribution in [3.63, 3.8) is 0 Å². The minimum absolute atomic E-state index is 0.0158. The lowest BCUT2D eigenvalue weighted by molar-refractivity contribution is 0.567. The Labute approximate surface area is 126 Å². The van der Waals surface area contributed by atoms with Crippen LogP contribution in [0.4, 0.5) is 5.69 Å². The molecule has 0 bridgehead atoms. The number of benzene rings is 1. The van der Waals surface area contributed by atoms with Gasteiger partial charge in [0.2, 0.25) is 10.0 Å². The number of aromatic nitrogens is 1. The topological polar surface area (TPSA) is 85.1 Å². The first-order valence-electron chi connectivity index (χ1n) is 5.79. The number of nitrogen functional groups attached to an aromatic ring is 1. The van der Waals surface area contributed by atoms with Gasteiger partial charge < -0.3 is 5.73 Å². The lowest BCUT2D eigenvalue weighted by Gasteiger charge is -2.13. The van der Waals surface area contributed by atoms with Gasteiger partial charge in [-0.1, -0.05) is 11.6 Å². The number of aryl methyl sites for hydroxylation is 1. The minimum atomic E-state index is -3.71. The summed E-state index contributed by atoms with van der Waals surface area (Å²) in [6.45, 7) is 3.65. The predicted octanol–water partition coefficient (Wildman–Crippen LogP) is 2.73. The van der Waals surface area contributed by atoms with Gasteiger partial charge in [-0.3, -0.25) is 0 Å². The maximum absolute atomic E-state index is 12.3. The Balaban J connectivity index is 2.27. The zero-order valence-corrected chi connectivity index (χ0v) is 13.3. The van der Waals surface area contributed by atoms with Crippen LogP contribution in [0.5, 0.6) is 0 Å². The number of sulfonamides is 1. The fourth-order valence-corrected chi connectivity index (χ4v) is 4.04. The van der Waals surface area contributed by atoms with E-state index in [0.29, 0.717) is 10.0 Å². The number of halogens is 1. The first kappa shape index (κ1) is 15.2. The fraction of sp³-hybridized carbons (Fsp3) is 0.250. The highest BCUT2D eigenvalue weighted by Crippen LogP contribution is 2.25. The minimum Gasteiger partial charge on any atom is -0.398 e. The summed E-state index contributed by atoms with van der Waals surface area (Å²) >= 11 is 7.22. The van der Waals surface area contributed by atoms with Crippen LogP contribution in [0.3, 0.4) is 0 Å². The van der Waals surface area contributed by atoms with Gasteiger partial charge in [0.25, 0.3) is 0 Å². The van der Waals surface area contributed by atoms with Crippen LogP contribution < -0.4 is 10.5 Å². The van der Waals surface area contributed by atoms with Gasteiger partial charge in [-0.25, -0.2) is 18.1 Å². The Hall–Kier alpha value is -1.15. The lowest BCUT2D eigenvalue weighted by atomic mass is 10.3. The molecule has 2 rings (SSSR count). The Morgan fingerprint density at radius 3 is 2.70 bits per heavy atom. The summed E-state index contributed by atoms with van der Waals surface area (Å²) in [6.07, 6.45) is 1.71. The molecule has 108 valence electrons. The van der Waals surface area contributed by atoms with Crippen molar-refractivity contribution in [2.75, 3.05) is 5.73 Å². The number of hydrogen-bond acceptors (Lipinski definition) is 5. The third-order valence-corrected chi connectivity index (χ3v) is 5.55. The van der Waals surface area contributed by atoms with Gasteiger partial charge in [0.05, 0.1) is 11.7 Å². The van der Waals surface area contributed by atoms with Crippen molar-refractivity contribution < 1.29 is 8.42 Å². The molecule has 1 atom stereocenters. The fourth-order valence-electron chi connectivity index (χ4n) is 1.68. The maximum Gasteiger partial charge on any atom is 0.243 e. The normalized spacial score (nSPS) is 13.3. The molecular formula is C12H14ClN3O2S2. The van der Waals surface area contributed by atoms with Crippen LogP contribution in [0.15, 0.2) is 29.3 Å². The van der Waals surface area contributed by atoms with Crippen molar-refractivity contribution in [3.8, 4) is 0 Å². The number of rotatable bonds is 4. The Bertz CT molecular complexity index is 728. The van der Waals surface area contributed by atoms with Gasteiger partial charge in [0, 0.05) is 16.1 Å². The summed E-state index contributed by atoms with van der Waals surface area (Å²) in [4.78, 5) is 5.21. The molecule has 0 saturated carbocycles. The Morgan fingerprint density at radius 2 is 2.15 bits per heavy atom. The summed E-state index contributed by atoms with van der Waals surface area (Å²) in [7, 11) is -3.71. The molecule has 8 heteroatoms. The monoisotopic (exact) mass is 331 g/mol. The second kappa shape index (κ2) is 5.69. The van der Waals surface area contributed by atoms with Gasteiger partial charge >= 0.3 is 0 Å². The second-order valence-corrected chi connectivity index (χ2v) is 7.72. The molecule has 0 saturated heterocycles. The van der Waals surface area contributed by atoms with Crippen molar-refractivity contribution >= 4 is 38.6 Å². The average Bonchev–Trinajstić information content (AvgIpc) is 2.74. The van der Waals surface area contributed by atoms with E-state index in [2.05, 4.69) is 9.71 Å². The Morgan fingerprint density at radius 1 is 1.45 bits per heavy atom. The smallest absolute Gasteiger partial charge is 0.243 e. The van der Waals surface area contributed by atoms with Crippen LogP contribution >= 0.6 is 22.9 Å². The van der Waals surface area contributed by atoms with Gasteiger partial charge in [-0.2, -0.15) is 0 Å². The molecular weight excluding hydrogens is 318 g/mol. The largest absolute Gasteiger partial charge is 0.398 e. The molecule has 0 spiro atoms. The predicted molar refractivity (Wildman–Crippen MR) is 81.5 cm³/mol. The third kappa shape index (κ3) is 3.29. The molecule has 1 heterocycles. The molecule has 5 nitrogen and oxygen atoms in total. The van der Waals surface area contributed by atoms with Crippen LogP contribution in [0.25, 0.3) is 0 Å². The van der Waals surface area contributed by atoms with Gasteiger partial charge in [-0.05, 0) is 32.0 Å². The maximum atomic E-state index is 12.3. The SMILES string of the molecule is Cc1cnc(C(C)NS(=O)(=O)c2ccc(Cl)cc2N)s1. The molecule has 3 N–H and O–H groups in total. The number of thiazole rings is 1. The van der Waals surface area contributed by atoms with Crippen LogP contribution in [0.1, 0.15) is 22.9 Å². The number of anilines is 1. The van der Waals surface area contributed by atoms with E-state index < -0.39 is 16.1 Å². The van der Waals surface area contributed by atoms with E-state index >= 15 is 0 Å². The lowest BCUT2D eigenvalue weighted by Crippen LogP contribution is -2.27. The standard InChI is InChI=1S/C12H14ClN3O2S2/c1-7-6-15-12(19-7)8(2)16-20(17,18)11-4-3-9(13)5-10(11)14/h3-6,8,16H,14H2,1-2H3. The van der Waals surface area contributed by atoms with Gasteiger partial charge in [0.15, 0.2) is 0 Å². The van der Waals surface area contributed by atoms with Gasteiger partial charge in [-0.15, -0.1) is 11.3 Å². The molecule has 0 fully saturated rings. The van der Waals surface area contributed by atoms with Crippen molar-refractivity contribution in [2.24, 2.45) is 0 Å². The van der Waals surface area contributed by atoms with Crippen molar-refractivity contribution in [3.05, 3.63) is 39.3 Å². The van der Waals surface area contributed by atoms with Crippen LogP contribution in [0.2, 0.25) is 5.02 Å². The second-order valence-electron chi connectivity index (χ2n) is 4.33. The van der Waals surface area contributed by atoms with E-state index in [-0.39, 0.29) is 10.6 Å². The highest BCUT2D eigenvalue weighted by atomic mass is 35.5. The van der Waals surface area contributed by atoms with Crippen LogP contribution in [0, 0.1) is 6.92 Å². The number of nitrogens with zero attached hydrogens (tertiary/aromatic N) is 1. The van der Waals surface area contributed by atoms with Crippen molar-refractivity contribution in [2.45, 2.75) is 24.8 Å². The van der Waals surface area contributed by atoms with Gasteiger partial charge in [0.1, 0.15) is 9.90 Å². The van der Waals surface area contributed by atoms with E-state index in [1.54, 1.807) is 13.1 Å². The summed E-state index contributed by atoms with van der Waals surface area (Å²) in [5.41, 5.74) is 5.83. The van der Waals surface area contributed by atoms with Crippen molar-refractivity contribution in [1.82, 2.24) is 9.71 Å². The molecule has 0 aliphatic heterocycles. The van der Waals surface area contributed by atoms with E-state index in [4.69, 9.17) is 17.3 Å². The summed E-state index contributed by atoms with van der Waals surface area (Å²) in [5, 5.41) is 1.10. The van der Waals surface area contributed by atoms with E-state index in [1.807, 2.05) is 6.92 Å². The first-order valence-corrected chi connectivity index (χ1v) is 8.47. The average molecular weight is 332 g/mol. The molecule has 1 unspecified atom stereocenters. The molecule has 20 heavy (non-hydrogen) atoms. The highest BCUT2D eigenvalue weighted by Gasteiger charge is 2.22. The van der Waals surface area contributed by atoms with E-state index in [0.717, 1.165) is 4.88 Å². The third-order valence-electron chi connectivity index (χ3n) is 2.60. The molecule has 0 aliphatic rings. The summed E-state index contributed by atoms with van der Waals surface area (Å²) < 4.78 is 27.2. The van der Waals surface area contributed by atoms with Crippen LogP contribution in [-0.2, 0) is 10.0 Å². The quantitative estimate of drug-likeness (QED) is 0.843. The number of nitrogens with two attached hydrogens (primary N) is 1. The molecule has 0 aliphatic carbocycles. The van der Waals surface area contributed by atoms with Crippen LogP contribution in [-0.4, -0.2) is 13.4 Å². The summed E-state index contributed by atoms with van der Waals surface area (Å²) in [6, 6.07) is 3.87. The van der Waals surface area contributed by atoms with E-state index in [1.165, 1.54) is 29.5 Å².